The van der Waals surface area contributed by atoms with Crippen LogP contribution in [0.3, 0.4) is 0 Å². The second kappa shape index (κ2) is 5.97. The van der Waals surface area contributed by atoms with E-state index in [0.29, 0.717) is 18.1 Å². The lowest BCUT2D eigenvalue weighted by molar-refractivity contribution is 0.201. The van der Waals surface area contributed by atoms with Crippen LogP contribution in [0.5, 0.6) is 0 Å². The van der Waals surface area contributed by atoms with Crippen LogP contribution in [-0.2, 0) is 0 Å². The number of amides is 1. The molecule has 1 heterocycles. The molecule has 25 heavy (non-hydrogen) atoms. The van der Waals surface area contributed by atoms with E-state index in [4.69, 9.17) is 11.6 Å². The van der Waals surface area contributed by atoms with Crippen LogP contribution < -0.4 is 9.80 Å². The van der Waals surface area contributed by atoms with E-state index >= 15 is 0 Å². The lowest BCUT2D eigenvalue weighted by atomic mass is 9.97. The molecule has 1 N–H and O–H groups in total. The maximum absolute atomic E-state index is 11.5. The van der Waals surface area contributed by atoms with Gasteiger partial charge in [-0.15, -0.1) is 0 Å². The average Bonchev–Trinajstić information content (AvgIpc) is 2.61. The van der Waals surface area contributed by atoms with Crippen LogP contribution >= 0.6 is 11.6 Å². The molecular weight excluding hydrogens is 336 g/mol. The third-order valence-electron chi connectivity index (χ3n) is 4.70. The summed E-state index contributed by atoms with van der Waals surface area (Å²) in [5.74, 6) is 0. The SMILES string of the molecule is CN1CCN(C(=O)O)c2ccc(-c3cc(Cl)cc4ccccc34)cc21. The summed E-state index contributed by atoms with van der Waals surface area (Å²) >= 11 is 6.31. The van der Waals surface area contributed by atoms with Gasteiger partial charge in [0, 0.05) is 25.2 Å². The zero-order valence-electron chi connectivity index (χ0n) is 13.7. The largest absolute Gasteiger partial charge is 0.465 e. The molecule has 5 heteroatoms. The summed E-state index contributed by atoms with van der Waals surface area (Å²) in [5, 5.41) is 12.3. The van der Waals surface area contributed by atoms with E-state index in [1.54, 1.807) is 0 Å². The summed E-state index contributed by atoms with van der Waals surface area (Å²) in [6, 6.07) is 17.9. The Morgan fingerprint density at radius 3 is 2.64 bits per heavy atom. The Hall–Kier alpha value is -2.72. The third-order valence-corrected chi connectivity index (χ3v) is 4.92. The summed E-state index contributed by atoms with van der Waals surface area (Å²) in [6.45, 7) is 1.14. The van der Waals surface area contributed by atoms with Gasteiger partial charge >= 0.3 is 6.09 Å². The number of likely N-dealkylation sites (N-methyl/N-ethyl adjacent to an activating group) is 1. The molecule has 0 unspecified atom stereocenters. The first-order valence-corrected chi connectivity index (χ1v) is 8.47. The summed E-state index contributed by atoms with van der Waals surface area (Å²) in [5.41, 5.74) is 3.70. The van der Waals surface area contributed by atoms with E-state index in [0.717, 1.165) is 33.3 Å². The van der Waals surface area contributed by atoms with Gasteiger partial charge in [0.2, 0.25) is 0 Å². The van der Waals surface area contributed by atoms with E-state index in [1.807, 2.05) is 55.6 Å². The van der Waals surface area contributed by atoms with Crippen molar-refractivity contribution >= 4 is 39.8 Å². The Labute approximate surface area is 150 Å². The van der Waals surface area contributed by atoms with Crippen molar-refractivity contribution in [3.05, 3.63) is 59.6 Å². The Kier molecular flexibility index (Phi) is 3.77. The fraction of sp³-hybridized carbons (Fsp3) is 0.150. The number of carboxylic acid groups (broad SMARTS) is 1. The first-order chi connectivity index (χ1) is 12.0. The molecule has 126 valence electrons. The highest BCUT2D eigenvalue weighted by atomic mass is 35.5. The third kappa shape index (κ3) is 2.68. The van der Waals surface area contributed by atoms with Crippen molar-refractivity contribution in [3.63, 3.8) is 0 Å². The molecule has 0 aliphatic carbocycles. The number of nitrogens with zero attached hydrogens (tertiary/aromatic N) is 2. The number of carbonyl (C=O) groups is 1. The summed E-state index contributed by atoms with van der Waals surface area (Å²) in [7, 11) is 1.98. The van der Waals surface area contributed by atoms with Gasteiger partial charge in [-0.2, -0.15) is 0 Å². The van der Waals surface area contributed by atoms with Crippen LogP contribution in [0.15, 0.2) is 54.6 Å². The second-order valence-electron chi connectivity index (χ2n) is 6.23. The van der Waals surface area contributed by atoms with Gasteiger partial charge in [0.25, 0.3) is 0 Å². The van der Waals surface area contributed by atoms with Crippen LogP contribution in [0.1, 0.15) is 0 Å². The van der Waals surface area contributed by atoms with Crippen molar-refractivity contribution in [3.8, 4) is 11.1 Å². The minimum atomic E-state index is -0.921. The Bertz CT molecular complexity index is 987. The monoisotopic (exact) mass is 352 g/mol. The predicted molar refractivity (Wildman–Crippen MR) is 103 cm³/mol. The maximum atomic E-state index is 11.5. The maximum Gasteiger partial charge on any atom is 0.411 e. The van der Waals surface area contributed by atoms with Crippen LogP contribution in [-0.4, -0.2) is 31.3 Å². The van der Waals surface area contributed by atoms with Crippen LogP contribution in [0.4, 0.5) is 16.2 Å². The lowest BCUT2D eigenvalue weighted by Gasteiger charge is -2.34. The fourth-order valence-electron chi connectivity index (χ4n) is 3.43. The first-order valence-electron chi connectivity index (χ1n) is 8.09. The van der Waals surface area contributed by atoms with Gasteiger partial charge in [0.05, 0.1) is 11.4 Å². The molecule has 1 aliphatic rings. The number of rotatable bonds is 1. The van der Waals surface area contributed by atoms with Crippen LogP contribution in [0, 0.1) is 0 Å². The molecule has 1 amide bonds. The summed E-state index contributed by atoms with van der Waals surface area (Å²) in [6.07, 6.45) is -0.921. The minimum absolute atomic E-state index is 0.471. The minimum Gasteiger partial charge on any atom is -0.465 e. The molecule has 0 radical (unpaired) electrons. The van der Waals surface area contributed by atoms with E-state index in [1.165, 1.54) is 4.90 Å². The first kappa shape index (κ1) is 15.8. The van der Waals surface area contributed by atoms with Gasteiger partial charge < -0.3 is 10.0 Å². The van der Waals surface area contributed by atoms with Crippen molar-refractivity contribution < 1.29 is 9.90 Å². The molecule has 0 saturated carbocycles. The van der Waals surface area contributed by atoms with Crippen LogP contribution in [0.25, 0.3) is 21.9 Å². The smallest absolute Gasteiger partial charge is 0.411 e. The van der Waals surface area contributed by atoms with Gasteiger partial charge in [0.15, 0.2) is 0 Å². The van der Waals surface area contributed by atoms with Gasteiger partial charge in [-0.25, -0.2) is 4.79 Å². The zero-order valence-corrected chi connectivity index (χ0v) is 14.5. The quantitative estimate of drug-likeness (QED) is 0.663. The second-order valence-corrected chi connectivity index (χ2v) is 6.67. The molecule has 0 atom stereocenters. The number of hydrogen-bond acceptors (Lipinski definition) is 2. The van der Waals surface area contributed by atoms with E-state index in [2.05, 4.69) is 11.0 Å². The predicted octanol–water partition coefficient (Wildman–Crippen LogP) is 5.09. The number of benzene rings is 3. The molecule has 4 rings (SSSR count). The van der Waals surface area contributed by atoms with Crippen molar-refractivity contribution in [1.82, 2.24) is 0 Å². The number of anilines is 2. The highest BCUT2D eigenvalue weighted by Crippen LogP contribution is 2.39. The molecule has 3 aromatic rings. The van der Waals surface area contributed by atoms with Crippen molar-refractivity contribution in [2.75, 3.05) is 29.9 Å². The molecule has 1 aliphatic heterocycles. The molecule has 0 fully saturated rings. The molecule has 0 bridgehead atoms. The van der Waals surface area contributed by atoms with Gasteiger partial charge in [-0.1, -0.05) is 41.9 Å². The van der Waals surface area contributed by atoms with Crippen LogP contribution in [0.2, 0.25) is 5.02 Å². The van der Waals surface area contributed by atoms with Crippen molar-refractivity contribution in [2.24, 2.45) is 0 Å². The van der Waals surface area contributed by atoms with Crippen molar-refractivity contribution in [2.45, 2.75) is 0 Å². The fourth-order valence-corrected chi connectivity index (χ4v) is 3.65. The van der Waals surface area contributed by atoms with Crippen molar-refractivity contribution in [1.29, 1.82) is 0 Å². The number of fused-ring (bicyclic) bond motifs is 2. The number of hydrogen-bond donors (Lipinski definition) is 1. The highest BCUT2D eigenvalue weighted by molar-refractivity contribution is 6.32. The summed E-state index contributed by atoms with van der Waals surface area (Å²) in [4.78, 5) is 15.0. The van der Waals surface area contributed by atoms with Gasteiger partial charge in [-0.05, 0) is 46.2 Å². The standard InChI is InChI=1S/C20H17ClN2O2/c1-22-8-9-23(20(24)25)18-7-6-14(11-19(18)22)17-12-15(21)10-13-4-2-3-5-16(13)17/h2-7,10-12H,8-9H2,1H3,(H,24,25). The Morgan fingerprint density at radius 1 is 1.04 bits per heavy atom. The van der Waals surface area contributed by atoms with E-state index in [9.17, 15) is 9.90 Å². The van der Waals surface area contributed by atoms with Gasteiger partial charge in [0.1, 0.15) is 0 Å². The molecule has 0 aromatic heterocycles. The molecular formula is C20H17ClN2O2. The Balaban J connectivity index is 1.91. The topological polar surface area (TPSA) is 43.8 Å². The highest BCUT2D eigenvalue weighted by Gasteiger charge is 2.25. The Morgan fingerprint density at radius 2 is 1.84 bits per heavy atom. The van der Waals surface area contributed by atoms with Gasteiger partial charge in [-0.3, -0.25) is 4.90 Å². The van der Waals surface area contributed by atoms with E-state index < -0.39 is 6.09 Å². The normalized spacial score (nSPS) is 13.8. The average molecular weight is 353 g/mol. The molecule has 0 saturated heterocycles. The lowest BCUT2D eigenvalue weighted by Crippen LogP contribution is -2.41. The van der Waals surface area contributed by atoms with E-state index in [-0.39, 0.29) is 0 Å². The number of halogens is 1. The molecule has 3 aromatic carbocycles. The molecule has 4 nitrogen and oxygen atoms in total. The zero-order chi connectivity index (χ0) is 17.6. The summed E-state index contributed by atoms with van der Waals surface area (Å²) < 4.78 is 0. The molecule has 0 spiro atoms.